The van der Waals surface area contributed by atoms with E-state index < -0.39 is 5.60 Å². The Morgan fingerprint density at radius 3 is 2.27 bits per heavy atom. The molecule has 0 aliphatic heterocycles. The largest absolute Gasteiger partial charge is 0.381 e. The lowest BCUT2D eigenvalue weighted by atomic mass is 9.92. The summed E-state index contributed by atoms with van der Waals surface area (Å²) in [7, 11) is 0. The molecule has 0 saturated carbocycles. The van der Waals surface area contributed by atoms with Crippen molar-refractivity contribution in [1.82, 2.24) is 0 Å². The van der Waals surface area contributed by atoms with Crippen LogP contribution in [0.1, 0.15) is 112 Å². The first-order valence-corrected chi connectivity index (χ1v) is 13.1. The third kappa shape index (κ3) is 16.0. The summed E-state index contributed by atoms with van der Waals surface area (Å²) < 4.78 is 11.7. The number of allylic oxidation sites excluding steroid dienone is 1. The molecule has 0 bridgehead atoms. The summed E-state index contributed by atoms with van der Waals surface area (Å²) in [5.41, 5.74) is -0.714. The standard InChI is InChI=1S/C28H50O5/c1-7-10-16-24(9-3)22-33-28(5,6)27(31)18-12-11-13-19-32-20-14-17-26(30)25(15-8-2)21-23(4)29/h8,24-25H,2,7,9-22H2,1,3-6H3. The molecule has 0 aromatic heterocycles. The van der Waals surface area contributed by atoms with E-state index in [0.29, 0.717) is 57.8 Å². The van der Waals surface area contributed by atoms with E-state index >= 15 is 0 Å². The molecule has 2 unspecified atom stereocenters. The van der Waals surface area contributed by atoms with Gasteiger partial charge in [0, 0.05) is 38.4 Å². The van der Waals surface area contributed by atoms with Crippen LogP contribution in [0.15, 0.2) is 12.7 Å². The third-order valence-corrected chi connectivity index (χ3v) is 6.24. The van der Waals surface area contributed by atoms with E-state index in [4.69, 9.17) is 9.47 Å². The van der Waals surface area contributed by atoms with Crippen LogP contribution in [-0.4, -0.2) is 42.8 Å². The zero-order chi connectivity index (χ0) is 25.1. The highest BCUT2D eigenvalue weighted by atomic mass is 16.5. The summed E-state index contributed by atoms with van der Waals surface area (Å²) >= 11 is 0. The van der Waals surface area contributed by atoms with E-state index in [2.05, 4.69) is 20.4 Å². The molecule has 0 radical (unpaired) electrons. The average molecular weight is 467 g/mol. The zero-order valence-electron chi connectivity index (χ0n) is 22.1. The van der Waals surface area contributed by atoms with Crippen LogP contribution >= 0.6 is 0 Å². The van der Waals surface area contributed by atoms with Crippen molar-refractivity contribution in [3.8, 4) is 0 Å². The minimum atomic E-state index is -0.714. The van der Waals surface area contributed by atoms with Gasteiger partial charge >= 0.3 is 0 Å². The normalized spacial score (nSPS) is 13.5. The Morgan fingerprint density at radius 2 is 1.67 bits per heavy atom. The van der Waals surface area contributed by atoms with Crippen molar-refractivity contribution < 1.29 is 23.9 Å². The Bertz CT molecular complexity index is 567. The molecule has 0 spiro atoms. The van der Waals surface area contributed by atoms with Crippen molar-refractivity contribution in [3.05, 3.63) is 12.7 Å². The molecule has 0 heterocycles. The van der Waals surface area contributed by atoms with Crippen LogP contribution in [0, 0.1) is 11.8 Å². The number of ketones is 3. The number of hydrogen-bond acceptors (Lipinski definition) is 5. The molecule has 0 amide bonds. The first-order chi connectivity index (χ1) is 15.7. The Balaban J connectivity index is 3.92. The van der Waals surface area contributed by atoms with E-state index in [-0.39, 0.29) is 23.3 Å². The number of rotatable bonds is 23. The van der Waals surface area contributed by atoms with Gasteiger partial charge in [0.25, 0.3) is 0 Å². The summed E-state index contributed by atoms with van der Waals surface area (Å²) in [5, 5.41) is 0. The maximum atomic E-state index is 12.6. The summed E-state index contributed by atoms with van der Waals surface area (Å²) in [6, 6.07) is 0. The first-order valence-electron chi connectivity index (χ1n) is 13.1. The number of Topliss-reactive ketones (excluding diaryl/α,β-unsaturated/α-hetero) is 3. The minimum absolute atomic E-state index is 0.0389. The van der Waals surface area contributed by atoms with E-state index in [1.807, 2.05) is 13.8 Å². The lowest BCUT2D eigenvalue weighted by Crippen LogP contribution is -2.36. The van der Waals surface area contributed by atoms with Crippen LogP contribution in [-0.2, 0) is 23.9 Å². The van der Waals surface area contributed by atoms with Crippen molar-refractivity contribution in [2.75, 3.05) is 19.8 Å². The SMILES string of the molecule is C=CCC(CC(C)=O)C(=O)CCCOCCCCCC(=O)C(C)(C)OCC(CC)CCCC. The van der Waals surface area contributed by atoms with Crippen LogP contribution in [0.25, 0.3) is 0 Å². The molecular weight excluding hydrogens is 416 g/mol. The van der Waals surface area contributed by atoms with Gasteiger partial charge in [0.2, 0.25) is 0 Å². The van der Waals surface area contributed by atoms with Crippen molar-refractivity contribution in [1.29, 1.82) is 0 Å². The zero-order valence-corrected chi connectivity index (χ0v) is 22.1. The Hall–Kier alpha value is -1.33. The summed E-state index contributed by atoms with van der Waals surface area (Å²) in [6.07, 6.45) is 11.5. The molecule has 5 nitrogen and oxygen atoms in total. The van der Waals surface area contributed by atoms with Crippen LogP contribution in [0.3, 0.4) is 0 Å². The van der Waals surface area contributed by atoms with Crippen molar-refractivity contribution in [2.24, 2.45) is 11.8 Å². The fraction of sp³-hybridized carbons (Fsp3) is 0.821. The minimum Gasteiger partial charge on any atom is -0.381 e. The maximum Gasteiger partial charge on any atom is 0.164 e. The second kappa shape index (κ2) is 19.0. The Morgan fingerprint density at radius 1 is 0.970 bits per heavy atom. The number of unbranched alkanes of at least 4 members (excludes halogenated alkanes) is 3. The lowest BCUT2D eigenvalue weighted by molar-refractivity contribution is -0.142. The summed E-state index contributed by atoms with van der Waals surface area (Å²) in [5.74, 6) is 0.623. The van der Waals surface area contributed by atoms with Gasteiger partial charge in [-0.2, -0.15) is 0 Å². The maximum absolute atomic E-state index is 12.6. The average Bonchev–Trinajstić information content (AvgIpc) is 2.77. The van der Waals surface area contributed by atoms with Gasteiger partial charge in [-0.3, -0.25) is 9.59 Å². The van der Waals surface area contributed by atoms with Gasteiger partial charge in [0.1, 0.15) is 17.2 Å². The van der Waals surface area contributed by atoms with E-state index in [9.17, 15) is 14.4 Å². The van der Waals surface area contributed by atoms with E-state index in [1.54, 1.807) is 6.08 Å². The van der Waals surface area contributed by atoms with Gasteiger partial charge < -0.3 is 14.3 Å². The molecule has 33 heavy (non-hydrogen) atoms. The van der Waals surface area contributed by atoms with Crippen LogP contribution < -0.4 is 0 Å². The quantitative estimate of drug-likeness (QED) is 0.124. The first kappa shape index (κ1) is 31.7. The van der Waals surface area contributed by atoms with Gasteiger partial charge in [-0.15, -0.1) is 6.58 Å². The van der Waals surface area contributed by atoms with Crippen molar-refractivity contribution in [3.63, 3.8) is 0 Å². The number of carbonyl (C=O) groups excluding carboxylic acids is 3. The van der Waals surface area contributed by atoms with Crippen LogP contribution in [0.5, 0.6) is 0 Å². The lowest BCUT2D eigenvalue weighted by Gasteiger charge is -2.26. The van der Waals surface area contributed by atoms with E-state index in [1.165, 1.54) is 26.2 Å². The van der Waals surface area contributed by atoms with Crippen molar-refractivity contribution in [2.45, 2.75) is 117 Å². The molecule has 0 rings (SSSR count). The fourth-order valence-corrected chi connectivity index (χ4v) is 3.80. The predicted molar refractivity (Wildman–Crippen MR) is 135 cm³/mol. The Labute approximate surface area is 203 Å². The molecule has 0 aliphatic rings. The number of ether oxygens (including phenoxy) is 2. The summed E-state index contributed by atoms with van der Waals surface area (Å²) in [4.78, 5) is 36.1. The molecule has 0 aromatic rings. The molecule has 5 heteroatoms. The van der Waals surface area contributed by atoms with Gasteiger partial charge in [0.05, 0.1) is 6.61 Å². The third-order valence-electron chi connectivity index (χ3n) is 6.24. The van der Waals surface area contributed by atoms with Gasteiger partial charge in [-0.25, -0.2) is 0 Å². The highest BCUT2D eigenvalue weighted by Crippen LogP contribution is 2.20. The predicted octanol–water partition coefficient (Wildman–Crippen LogP) is 6.66. The molecule has 2 atom stereocenters. The molecule has 0 N–H and O–H groups in total. The topological polar surface area (TPSA) is 69.7 Å². The highest BCUT2D eigenvalue weighted by molar-refractivity contribution is 5.87. The van der Waals surface area contributed by atoms with Crippen LogP contribution in [0.2, 0.25) is 0 Å². The fourth-order valence-electron chi connectivity index (χ4n) is 3.80. The Kier molecular flexibility index (Phi) is 18.3. The number of hydrogen-bond donors (Lipinski definition) is 0. The smallest absolute Gasteiger partial charge is 0.164 e. The molecule has 192 valence electrons. The molecule has 0 saturated heterocycles. The molecular formula is C28H50O5. The molecule has 0 aliphatic carbocycles. The number of carbonyl (C=O) groups is 3. The van der Waals surface area contributed by atoms with Gasteiger partial charge in [-0.05, 0) is 58.8 Å². The van der Waals surface area contributed by atoms with Gasteiger partial charge in [0.15, 0.2) is 5.78 Å². The van der Waals surface area contributed by atoms with Crippen molar-refractivity contribution >= 4 is 17.3 Å². The second-order valence-electron chi connectivity index (χ2n) is 9.78. The highest BCUT2D eigenvalue weighted by Gasteiger charge is 2.28. The second-order valence-corrected chi connectivity index (χ2v) is 9.78. The van der Waals surface area contributed by atoms with Gasteiger partial charge in [-0.1, -0.05) is 45.6 Å². The summed E-state index contributed by atoms with van der Waals surface area (Å²) in [6.45, 7) is 15.2. The monoisotopic (exact) mass is 466 g/mol. The van der Waals surface area contributed by atoms with E-state index in [0.717, 1.165) is 25.7 Å². The molecule has 0 fully saturated rings. The van der Waals surface area contributed by atoms with Crippen LogP contribution in [0.4, 0.5) is 0 Å². The molecule has 0 aromatic carbocycles.